The smallest absolute Gasteiger partial charge is 0.164 e. The molecule has 1 aliphatic carbocycles. The molecule has 0 amide bonds. The van der Waals surface area contributed by atoms with Crippen LogP contribution < -0.4 is 0 Å². The summed E-state index contributed by atoms with van der Waals surface area (Å²) in [6.07, 6.45) is 6.35. The Kier molecular flexibility index (Phi) is 2.05. The Hall–Kier alpha value is 0.130. The zero-order valence-electron chi connectivity index (χ0n) is 7.08. The predicted molar refractivity (Wildman–Crippen MR) is 55.1 cm³/mol. The molecule has 0 aromatic heterocycles. The van der Waals surface area contributed by atoms with Crippen LogP contribution in [0.4, 0.5) is 0 Å². The summed E-state index contributed by atoms with van der Waals surface area (Å²) in [7, 11) is 0. The van der Waals surface area contributed by atoms with Crippen LogP contribution >= 0.6 is 22.6 Å². The van der Waals surface area contributed by atoms with Gasteiger partial charge in [-0.2, -0.15) is 0 Å². The number of rotatable bonds is 0. The first kappa shape index (κ1) is 8.72. The molecular formula is C9H11IO2. The van der Waals surface area contributed by atoms with Crippen molar-refractivity contribution in [1.82, 2.24) is 0 Å². The van der Waals surface area contributed by atoms with Crippen LogP contribution in [0.5, 0.6) is 0 Å². The Labute approximate surface area is 85.8 Å². The van der Waals surface area contributed by atoms with Crippen LogP contribution in [0.15, 0.2) is 21.8 Å². The maximum absolute atomic E-state index is 5.72. The SMILES string of the molecule is CC1(C)O[C@H]2C=CC=C(I)[C@H]2O1. The van der Waals surface area contributed by atoms with Gasteiger partial charge in [-0.25, -0.2) is 0 Å². The molecule has 0 radical (unpaired) electrons. The van der Waals surface area contributed by atoms with E-state index in [9.17, 15) is 0 Å². The quantitative estimate of drug-likeness (QED) is 0.633. The van der Waals surface area contributed by atoms with Crippen LogP contribution in [-0.2, 0) is 9.47 Å². The van der Waals surface area contributed by atoms with Crippen LogP contribution in [0.2, 0.25) is 0 Å². The fraction of sp³-hybridized carbons (Fsp3) is 0.556. The van der Waals surface area contributed by atoms with Crippen LogP contribution in [0.1, 0.15) is 13.8 Å². The van der Waals surface area contributed by atoms with E-state index >= 15 is 0 Å². The lowest BCUT2D eigenvalue weighted by molar-refractivity contribution is -0.138. The highest BCUT2D eigenvalue weighted by Gasteiger charge is 2.41. The molecule has 2 nitrogen and oxygen atoms in total. The summed E-state index contributed by atoms with van der Waals surface area (Å²) < 4.78 is 12.6. The number of fused-ring (bicyclic) bond motifs is 1. The van der Waals surface area contributed by atoms with Gasteiger partial charge in [0.1, 0.15) is 12.2 Å². The van der Waals surface area contributed by atoms with Gasteiger partial charge in [0.25, 0.3) is 0 Å². The van der Waals surface area contributed by atoms with Crippen LogP contribution in [0.3, 0.4) is 0 Å². The highest BCUT2D eigenvalue weighted by molar-refractivity contribution is 14.1. The Morgan fingerprint density at radius 1 is 1.42 bits per heavy atom. The lowest BCUT2D eigenvalue weighted by Crippen LogP contribution is -2.22. The molecule has 2 rings (SSSR count). The molecule has 66 valence electrons. The van der Waals surface area contributed by atoms with E-state index in [2.05, 4.69) is 28.7 Å². The maximum Gasteiger partial charge on any atom is 0.164 e. The van der Waals surface area contributed by atoms with Gasteiger partial charge in [-0.3, -0.25) is 0 Å². The highest BCUT2D eigenvalue weighted by atomic mass is 127. The molecule has 0 saturated carbocycles. The Morgan fingerprint density at radius 3 is 2.83 bits per heavy atom. The van der Waals surface area contributed by atoms with Crippen molar-refractivity contribution < 1.29 is 9.47 Å². The standard InChI is InChI=1S/C9H11IO2/c1-9(2)11-7-5-3-4-6(10)8(7)12-9/h3-5,7-8H,1-2H3/t7-,8+/m0/s1. The molecule has 0 spiro atoms. The van der Waals surface area contributed by atoms with E-state index in [1.54, 1.807) is 0 Å². The second-order valence-electron chi connectivity index (χ2n) is 3.46. The summed E-state index contributed by atoms with van der Waals surface area (Å²) in [5.74, 6) is -0.436. The van der Waals surface area contributed by atoms with Gasteiger partial charge in [0.15, 0.2) is 5.79 Å². The number of allylic oxidation sites excluding steroid dienone is 2. The van der Waals surface area contributed by atoms with Crippen molar-refractivity contribution in [2.24, 2.45) is 0 Å². The number of hydrogen-bond acceptors (Lipinski definition) is 2. The van der Waals surface area contributed by atoms with E-state index in [-0.39, 0.29) is 12.2 Å². The molecule has 1 saturated heterocycles. The van der Waals surface area contributed by atoms with Gasteiger partial charge >= 0.3 is 0 Å². The van der Waals surface area contributed by atoms with E-state index in [1.807, 2.05) is 26.0 Å². The van der Waals surface area contributed by atoms with E-state index in [1.165, 1.54) is 3.58 Å². The van der Waals surface area contributed by atoms with Crippen molar-refractivity contribution in [3.63, 3.8) is 0 Å². The molecule has 0 aromatic rings. The van der Waals surface area contributed by atoms with Gasteiger partial charge in [0.05, 0.1) is 0 Å². The van der Waals surface area contributed by atoms with Crippen molar-refractivity contribution in [3.8, 4) is 0 Å². The van der Waals surface area contributed by atoms with Crippen LogP contribution in [0, 0.1) is 0 Å². The van der Waals surface area contributed by atoms with Crippen molar-refractivity contribution in [2.75, 3.05) is 0 Å². The third-order valence-corrected chi connectivity index (χ3v) is 2.93. The molecule has 3 heteroatoms. The third kappa shape index (κ3) is 1.45. The molecular weight excluding hydrogens is 267 g/mol. The minimum absolute atomic E-state index is 0.108. The third-order valence-electron chi connectivity index (χ3n) is 1.96. The first-order valence-electron chi connectivity index (χ1n) is 3.98. The Balaban J connectivity index is 2.24. The normalized spacial score (nSPS) is 37.8. The molecule has 0 unspecified atom stereocenters. The summed E-state index contributed by atoms with van der Waals surface area (Å²) in [6.45, 7) is 3.90. The van der Waals surface area contributed by atoms with Gasteiger partial charge in [0, 0.05) is 3.58 Å². The van der Waals surface area contributed by atoms with Crippen molar-refractivity contribution >= 4 is 22.6 Å². The second-order valence-corrected chi connectivity index (χ2v) is 4.70. The molecule has 0 bridgehead atoms. The fourth-order valence-electron chi connectivity index (χ4n) is 1.50. The summed E-state index contributed by atoms with van der Waals surface area (Å²) in [5.41, 5.74) is 0. The Bertz CT molecular complexity index is 255. The van der Waals surface area contributed by atoms with E-state index in [4.69, 9.17) is 9.47 Å². The van der Waals surface area contributed by atoms with Crippen LogP contribution in [0.25, 0.3) is 0 Å². The molecule has 2 aliphatic rings. The molecule has 1 heterocycles. The lowest BCUT2D eigenvalue weighted by Gasteiger charge is -2.16. The van der Waals surface area contributed by atoms with Crippen molar-refractivity contribution in [1.29, 1.82) is 0 Å². The first-order chi connectivity index (χ1) is 5.58. The first-order valence-corrected chi connectivity index (χ1v) is 5.06. The van der Waals surface area contributed by atoms with Gasteiger partial charge < -0.3 is 9.47 Å². The highest BCUT2D eigenvalue weighted by Crippen LogP contribution is 2.36. The Morgan fingerprint density at radius 2 is 2.17 bits per heavy atom. The molecule has 1 fully saturated rings. The predicted octanol–water partition coefficient (Wildman–Crippen LogP) is 2.40. The molecule has 12 heavy (non-hydrogen) atoms. The zero-order valence-corrected chi connectivity index (χ0v) is 9.24. The number of ether oxygens (including phenoxy) is 2. The molecule has 1 aliphatic heterocycles. The summed E-state index contributed by atoms with van der Waals surface area (Å²) in [5, 5.41) is 0. The summed E-state index contributed by atoms with van der Waals surface area (Å²) in [6, 6.07) is 0. The average Bonchev–Trinajstić information content (AvgIpc) is 2.25. The lowest BCUT2D eigenvalue weighted by atomic mass is 10.1. The molecule has 0 N–H and O–H groups in total. The van der Waals surface area contributed by atoms with Gasteiger partial charge in [0.2, 0.25) is 0 Å². The summed E-state index contributed by atoms with van der Waals surface area (Å²) in [4.78, 5) is 0. The zero-order chi connectivity index (χ0) is 8.77. The fourth-order valence-corrected chi connectivity index (χ4v) is 2.18. The maximum atomic E-state index is 5.72. The van der Waals surface area contributed by atoms with E-state index in [0.717, 1.165) is 0 Å². The van der Waals surface area contributed by atoms with Crippen molar-refractivity contribution in [3.05, 3.63) is 21.8 Å². The monoisotopic (exact) mass is 278 g/mol. The van der Waals surface area contributed by atoms with Gasteiger partial charge in [-0.1, -0.05) is 18.2 Å². The summed E-state index contributed by atoms with van der Waals surface area (Å²) >= 11 is 2.30. The second kappa shape index (κ2) is 2.82. The molecule has 2 atom stereocenters. The number of halogens is 1. The largest absolute Gasteiger partial charge is 0.340 e. The topological polar surface area (TPSA) is 18.5 Å². The molecule has 0 aromatic carbocycles. The van der Waals surface area contributed by atoms with Gasteiger partial charge in [-0.05, 0) is 36.4 Å². The van der Waals surface area contributed by atoms with E-state index in [0.29, 0.717) is 0 Å². The minimum atomic E-state index is -0.436. The number of hydrogen-bond donors (Lipinski definition) is 0. The van der Waals surface area contributed by atoms with Crippen molar-refractivity contribution in [2.45, 2.75) is 31.8 Å². The minimum Gasteiger partial charge on any atom is -0.340 e. The van der Waals surface area contributed by atoms with E-state index < -0.39 is 5.79 Å². The average molecular weight is 278 g/mol. The van der Waals surface area contributed by atoms with Crippen LogP contribution in [-0.4, -0.2) is 18.0 Å². The van der Waals surface area contributed by atoms with Gasteiger partial charge in [-0.15, -0.1) is 0 Å².